The summed E-state index contributed by atoms with van der Waals surface area (Å²) < 4.78 is 42.2. The maximum atomic E-state index is 12.4. The number of nitrogen functional groups attached to an aromatic ring is 1. The number of alkyl halides is 3. The molecular weight excluding hydrogens is 273 g/mol. The summed E-state index contributed by atoms with van der Waals surface area (Å²) in [6, 6.07) is 6.49. The quantitative estimate of drug-likeness (QED) is 0.819. The Morgan fingerprint density at radius 2 is 2.00 bits per heavy atom. The van der Waals surface area contributed by atoms with Gasteiger partial charge in [0.2, 0.25) is 0 Å². The van der Waals surface area contributed by atoms with Gasteiger partial charge in [-0.05, 0) is 18.6 Å². The third-order valence-electron chi connectivity index (χ3n) is 2.49. The molecule has 0 saturated heterocycles. The van der Waals surface area contributed by atoms with Crippen LogP contribution in [-0.4, -0.2) is 36.7 Å². The van der Waals surface area contributed by atoms with Gasteiger partial charge in [0.25, 0.3) is 5.91 Å². The van der Waals surface area contributed by atoms with E-state index < -0.39 is 25.2 Å². The van der Waals surface area contributed by atoms with E-state index in [9.17, 15) is 18.0 Å². The van der Waals surface area contributed by atoms with E-state index in [-0.39, 0.29) is 12.3 Å². The lowest BCUT2D eigenvalue weighted by Crippen LogP contribution is -2.41. The van der Waals surface area contributed by atoms with Gasteiger partial charge in [0, 0.05) is 6.54 Å². The van der Waals surface area contributed by atoms with E-state index in [2.05, 4.69) is 0 Å². The topological polar surface area (TPSA) is 55.6 Å². The molecule has 1 rings (SSSR count). The van der Waals surface area contributed by atoms with E-state index >= 15 is 0 Å². The number of hydrogen-bond donors (Lipinski definition) is 1. The normalized spacial score (nSPS) is 11.2. The first kappa shape index (κ1) is 16.1. The second kappa shape index (κ2) is 7.02. The molecule has 0 heterocycles. The number of benzene rings is 1. The first-order valence-corrected chi connectivity index (χ1v) is 6.15. The van der Waals surface area contributed by atoms with Crippen molar-refractivity contribution in [1.29, 1.82) is 0 Å². The van der Waals surface area contributed by atoms with Gasteiger partial charge in [-0.25, -0.2) is 0 Å². The molecule has 0 aliphatic rings. The van der Waals surface area contributed by atoms with Crippen LogP contribution in [0.15, 0.2) is 24.3 Å². The summed E-state index contributed by atoms with van der Waals surface area (Å²) in [5, 5.41) is 0. The van der Waals surface area contributed by atoms with Crippen LogP contribution in [0, 0.1) is 0 Å². The summed E-state index contributed by atoms with van der Waals surface area (Å²) >= 11 is 0. The van der Waals surface area contributed by atoms with Crippen molar-refractivity contribution in [2.24, 2.45) is 0 Å². The lowest BCUT2D eigenvalue weighted by atomic mass is 10.3. The van der Waals surface area contributed by atoms with Crippen LogP contribution in [0.2, 0.25) is 0 Å². The Kier molecular flexibility index (Phi) is 5.66. The lowest BCUT2D eigenvalue weighted by Gasteiger charge is -2.23. The minimum absolute atomic E-state index is 0.0337. The van der Waals surface area contributed by atoms with Crippen LogP contribution in [0.3, 0.4) is 0 Å². The average Bonchev–Trinajstić information content (AvgIpc) is 2.35. The Bertz CT molecular complexity index is 449. The average molecular weight is 290 g/mol. The molecule has 112 valence electrons. The zero-order valence-corrected chi connectivity index (χ0v) is 11.1. The molecule has 0 fully saturated rings. The van der Waals surface area contributed by atoms with Gasteiger partial charge in [0.05, 0.1) is 5.69 Å². The number of amides is 1. The minimum Gasteiger partial charge on any atom is -0.482 e. The van der Waals surface area contributed by atoms with Crippen molar-refractivity contribution in [3.63, 3.8) is 0 Å². The number of para-hydroxylation sites is 2. The van der Waals surface area contributed by atoms with Crippen LogP contribution < -0.4 is 10.5 Å². The van der Waals surface area contributed by atoms with Crippen molar-refractivity contribution in [2.75, 3.05) is 25.4 Å². The molecule has 0 saturated carbocycles. The predicted molar refractivity (Wildman–Crippen MR) is 69.3 cm³/mol. The summed E-state index contributed by atoms with van der Waals surface area (Å²) in [6.45, 7) is -0.00370. The van der Waals surface area contributed by atoms with Crippen LogP contribution >= 0.6 is 0 Å². The number of anilines is 1. The molecule has 0 spiro atoms. The molecule has 0 aromatic heterocycles. The highest BCUT2D eigenvalue weighted by Crippen LogP contribution is 2.20. The van der Waals surface area contributed by atoms with E-state index in [1.165, 1.54) is 0 Å². The first-order chi connectivity index (χ1) is 9.33. The maximum Gasteiger partial charge on any atom is 0.406 e. The molecule has 1 aromatic carbocycles. The van der Waals surface area contributed by atoms with Gasteiger partial charge in [-0.1, -0.05) is 19.1 Å². The summed E-state index contributed by atoms with van der Waals surface area (Å²) in [7, 11) is 0. The lowest BCUT2D eigenvalue weighted by molar-refractivity contribution is -0.162. The molecule has 0 aliphatic carbocycles. The van der Waals surface area contributed by atoms with E-state index in [0.29, 0.717) is 12.1 Å². The zero-order chi connectivity index (χ0) is 15.2. The molecular formula is C13H17F3N2O2. The molecule has 4 nitrogen and oxygen atoms in total. The van der Waals surface area contributed by atoms with Crippen molar-refractivity contribution in [2.45, 2.75) is 19.5 Å². The molecule has 2 N–H and O–H groups in total. The molecule has 0 radical (unpaired) electrons. The fraction of sp³-hybridized carbons (Fsp3) is 0.462. The van der Waals surface area contributed by atoms with Crippen LogP contribution in [0.5, 0.6) is 5.75 Å². The Morgan fingerprint density at radius 1 is 1.35 bits per heavy atom. The largest absolute Gasteiger partial charge is 0.482 e. The number of nitrogens with zero attached hydrogens (tertiary/aromatic N) is 1. The van der Waals surface area contributed by atoms with Gasteiger partial charge in [0.1, 0.15) is 12.3 Å². The van der Waals surface area contributed by atoms with Crippen LogP contribution in [0.1, 0.15) is 13.3 Å². The number of carbonyl (C=O) groups is 1. The number of nitrogens with two attached hydrogens (primary N) is 1. The van der Waals surface area contributed by atoms with Crippen molar-refractivity contribution < 1.29 is 22.7 Å². The molecule has 1 aromatic rings. The Labute approximate surface area is 115 Å². The summed E-state index contributed by atoms with van der Waals surface area (Å²) in [5.41, 5.74) is 5.95. The molecule has 0 bridgehead atoms. The Hall–Kier alpha value is -1.92. The van der Waals surface area contributed by atoms with Gasteiger partial charge in [-0.3, -0.25) is 4.79 Å². The number of ether oxygens (including phenoxy) is 1. The summed E-state index contributed by atoms with van der Waals surface area (Å²) in [4.78, 5) is 12.5. The van der Waals surface area contributed by atoms with E-state index in [4.69, 9.17) is 10.5 Å². The molecule has 20 heavy (non-hydrogen) atoms. The first-order valence-electron chi connectivity index (χ1n) is 6.15. The van der Waals surface area contributed by atoms with Crippen LogP contribution in [0.25, 0.3) is 0 Å². The van der Waals surface area contributed by atoms with Gasteiger partial charge >= 0.3 is 6.18 Å². The zero-order valence-electron chi connectivity index (χ0n) is 11.1. The summed E-state index contributed by atoms with van der Waals surface area (Å²) in [5.74, 6) is -0.434. The molecule has 0 aliphatic heterocycles. The highest BCUT2D eigenvalue weighted by Gasteiger charge is 2.32. The third-order valence-corrected chi connectivity index (χ3v) is 2.49. The number of halogens is 3. The molecule has 0 unspecified atom stereocenters. The SMILES string of the molecule is CCCN(CC(F)(F)F)C(=O)COc1ccccc1N. The van der Waals surface area contributed by atoms with Crippen LogP contribution in [0.4, 0.5) is 18.9 Å². The predicted octanol–water partition coefficient (Wildman–Crippen LogP) is 2.45. The fourth-order valence-corrected chi connectivity index (χ4v) is 1.62. The van der Waals surface area contributed by atoms with E-state index in [1.807, 2.05) is 0 Å². The van der Waals surface area contributed by atoms with Crippen LogP contribution in [-0.2, 0) is 4.79 Å². The second-order valence-electron chi connectivity index (χ2n) is 4.26. The minimum atomic E-state index is -4.42. The van der Waals surface area contributed by atoms with Crippen molar-refractivity contribution in [3.8, 4) is 5.75 Å². The number of hydrogen-bond acceptors (Lipinski definition) is 3. The van der Waals surface area contributed by atoms with Crippen molar-refractivity contribution >= 4 is 11.6 Å². The Morgan fingerprint density at radius 3 is 2.55 bits per heavy atom. The highest BCUT2D eigenvalue weighted by molar-refractivity contribution is 5.78. The fourth-order valence-electron chi connectivity index (χ4n) is 1.62. The van der Waals surface area contributed by atoms with Gasteiger partial charge in [-0.2, -0.15) is 13.2 Å². The standard InChI is InChI=1S/C13H17F3N2O2/c1-2-7-18(9-13(14,15)16)12(19)8-20-11-6-4-3-5-10(11)17/h3-6H,2,7-9,17H2,1H3. The third kappa shape index (κ3) is 5.38. The summed E-state index contributed by atoms with van der Waals surface area (Å²) in [6.07, 6.45) is -3.98. The molecule has 1 amide bonds. The molecule has 0 atom stereocenters. The second-order valence-corrected chi connectivity index (χ2v) is 4.26. The smallest absolute Gasteiger partial charge is 0.406 e. The van der Waals surface area contributed by atoms with Crippen molar-refractivity contribution in [1.82, 2.24) is 4.90 Å². The highest BCUT2D eigenvalue weighted by atomic mass is 19.4. The van der Waals surface area contributed by atoms with Gasteiger partial charge < -0.3 is 15.4 Å². The number of rotatable bonds is 6. The maximum absolute atomic E-state index is 12.4. The van der Waals surface area contributed by atoms with E-state index in [0.717, 1.165) is 4.90 Å². The monoisotopic (exact) mass is 290 g/mol. The number of carbonyl (C=O) groups excluding carboxylic acids is 1. The van der Waals surface area contributed by atoms with Gasteiger partial charge in [0.15, 0.2) is 6.61 Å². The van der Waals surface area contributed by atoms with E-state index in [1.54, 1.807) is 31.2 Å². The molecule has 7 heteroatoms. The Balaban J connectivity index is 2.60. The van der Waals surface area contributed by atoms with Crippen molar-refractivity contribution in [3.05, 3.63) is 24.3 Å². The van der Waals surface area contributed by atoms with Gasteiger partial charge in [-0.15, -0.1) is 0 Å².